The number of methoxy groups -OCH3 is 1. The fourth-order valence-electron chi connectivity index (χ4n) is 1.34. The van der Waals surface area contributed by atoms with Crippen LogP contribution in [0.1, 0.15) is 10.4 Å². The summed E-state index contributed by atoms with van der Waals surface area (Å²) in [5, 5.41) is 0.409. The quantitative estimate of drug-likeness (QED) is 0.867. The van der Waals surface area contributed by atoms with Gasteiger partial charge in [-0.25, -0.2) is 9.78 Å². The third kappa shape index (κ3) is 3.11. The van der Waals surface area contributed by atoms with Gasteiger partial charge in [-0.1, -0.05) is 11.6 Å². The first-order chi connectivity index (χ1) is 9.10. The molecule has 0 spiro atoms. The van der Waals surface area contributed by atoms with E-state index in [1.807, 2.05) is 0 Å². The molecule has 98 valence electrons. The zero-order valence-corrected chi connectivity index (χ0v) is 10.7. The Balaban J connectivity index is 2.26. The predicted molar refractivity (Wildman–Crippen MR) is 69.3 cm³/mol. The maximum Gasteiger partial charge on any atom is 0.339 e. The fourth-order valence-corrected chi connectivity index (χ4v) is 1.51. The normalized spacial score (nSPS) is 10.0. The van der Waals surface area contributed by atoms with Crippen molar-refractivity contribution >= 4 is 23.3 Å². The molecule has 0 aromatic carbocycles. The lowest BCUT2D eigenvalue weighted by Gasteiger charge is -2.07. The number of nitrogens with zero attached hydrogens (tertiary/aromatic N) is 2. The van der Waals surface area contributed by atoms with E-state index in [0.717, 1.165) is 0 Å². The number of nitrogens with two attached hydrogens (primary N) is 1. The third-order valence-electron chi connectivity index (χ3n) is 2.19. The van der Waals surface area contributed by atoms with Gasteiger partial charge in [-0.2, -0.15) is 0 Å². The highest BCUT2D eigenvalue weighted by Crippen LogP contribution is 2.26. The first-order valence-corrected chi connectivity index (χ1v) is 5.60. The number of anilines is 1. The number of rotatable bonds is 3. The molecule has 2 heterocycles. The number of esters is 1. The molecule has 0 aliphatic carbocycles. The molecule has 2 aromatic rings. The van der Waals surface area contributed by atoms with Crippen LogP contribution in [0.4, 0.5) is 5.69 Å². The zero-order chi connectivity index (χ0) is 13.8. The van der Waals surface area contributed by atoms with E-state index in [1.165, 1.54) is 37.8 Å². The van der Waals surface area contributed by atoms with Gasteiger partial charge in [0.2, 0.25) is 5.88 Å². The number of pyridine rings is 2. The summed E-state index contributed by atoms with van der Waals surface area (Å²) in [7, 11) is 1.29. The molecule has 0 saturated heterocycles. The molecule has 0 atom stereocenters. The van der Waals surface area contributed by atoms with Crippen molar-refractivity contribution in [3.05, 3.63) is 41.3 Å². The summed E-state index contributed by atoms with van der Waals surface area (Å²) < 4.78 is 10.0. The van der Waals surface area contributed by atoms with Crippen molar-refractivity contribution in [1.82, 2.24) is 9.97 Å². The highest BCUT2D eigenvalue weighted by molar-refractivity contribution is 6.30. The zero-order valence-electron chi connectivity index (χ0n) is 9.96. The van der Waals surface area contributed by atoms with E-state index in [0.29, 0.717) is 10.8 Å². The maximum atomic E-state index is 11.4. The van der Waals surface area contributed by atoms with Crippen LogP contribution >= 0.6 is 11.6 Å². The molecule has 0 aliphatic heterocycles. The standard InChI is InChI=1S/C12H10ClN3O3/c1-18-12(17)7-2-9(6-15-4-7)19-11-10(14)3-8(13)5-16-11/h2-6H,14H2,1H3. The number of carbonyl (C=O) groups is 1. The molecule has 0 amide bonds. The molecule has 0 bridgehead atoms. The summed E-state index contributed by atoms with van der Waals surface area (Å²) in [6, 6.07) is 3.00. The smallest absolute Gasteiger partial charge is 0.339 e. The van der Waals surface area contributed by atoms with Gasteiger partial charge in [0.05, 0.1) is 29.6 Å². The monoisotopic (exact) mass is 279 g/mol. The van der Waals surface area contributed by atoms with Crippen LogP contribution in [0.5, 0.6) is 11.6 Å². The van der Waals surface area contributed by atoms with Gasteiger partial charge in [-0.15, -0.1) is 0 Å². The Morgan fingerprint density at radius 1 is 1.32 bits per heavy atom. The summed E-state index contributed by atoms with van der Waals surface area (Å²) in [4.78, 5) is 19.2. The molecule has 0 radical (unpaired) electrons. The Bertz CT molecular complexity index is 619. The number of hydrogen-bond acceptors (Lipinski definition) is 6. The third-order valence-corrected chi connectivity index (χ3v) is 2.40. The van der Waals surface area contributed by atoms with E-state index in [4.69, 9.17) is 22.1 Å². The maximum absolute atomic E-state index is 11.4. The van der Waals surface area contributed by atoms with Gasteiger partial charge in [0.15, 0.2) is 0 Å². The molecule has 7 heteroatoms. The van der Waals surface area contributed by atoms with E-state index in [9.17, 15) is 4.79 Å². The van der Waals surface area contributed by atoms with Crippen LogP contribution in [0.15, 0.2) is 30.7 Å². The second kappa shape index (κ2) is 5.53. The number of carbonyl (C=O) groups excluding carboxylic acids is 1. The summed E-state index contributed by atoms with van der Waals surface area (Å²) in [6.07, 6.45) is 4.21. The van der Waals surface area contributed by atoms with Crippen LogP contribution in [0.3, 0.4) is 0 Å². The van der Waals surface area contributed by atoms with Crippen LogP contribution in [-0.4, -0.2) is 23.0 Å². The van der Waals surface area contributed by atoms with E-state index < -0.39 is 5.97 Å². The topological polar surface area (TPSA) is 87.3 Å². The average molecular weight is 280 g/mol. The minimum Gasteiger partial charge on any atom is -0.465 e. The second-order valence-electron chi connectivity index (χ2n) is 3.55. The van der Waals surface area contributed by atoms with Gasteiger partial charge in [0.1, 0.15) is 5.75 Å². The van der Waals surface area contributed by atoms with E-state index in [2.05, 4.69) is 14.7 Å². The van der Waals surface area contributed by atoms with Crippen molar-refractivity contribution in [3.8, 4) is 11.6 Å². The lowest BCUT2D eigenvalue weighted by atomic mass is 10.3. The SMILES string of the molecule is COC(=O)c1cncc(Oc2ncc(Cl)cc2N)c1. The summed E-state index contributed by atoms with van der Waals surface area (Å²) >= 11 is 5.73. The number of halogens is 1. The van der Waals surface area contributed by atoms with Crippen molar-refractivity contribution in [3.63, 3.8) is 0 Å². The van der Waals surface area contributed by atoms with Gasteiger partial charge in [0.25, 0.3) is 0 Å². The predicted octanol–water partition coefficient (Wildman–Crippen LogP) is 2.29. The number of ether oxygens (including phenoxy) is 2. The average Bonchev–Trinajstić information content (AvgIpc) is 2.41. The van der Waals surface area contributed by atoms with Crippen LogP contribution in [0, 0.1) is 0 Å². The number of aromatic nitrogens is 2. The Hall–Kier alpha value is -2.34. The van der Waals surface area contributed by atoms with E-state index in [1.54, 1.807) is 0 Å². The van der Waals surface area contributed by atoms with E-state index in [-0.39, 0.29) is 17.1 Å². The lowest BCUT2D eigenvalue weighted by molar-refractivity contribution is 0.0600. The lowest BCUT2D eigenvalue weighted by Crippen LogP contribution is -2.02. The van der Waals surface area contributed by atoms with Crippen LogP contribution in [0.2, 0.25) is 5.02 Å². The Morgan fingerprint density at radius 3 is 2.79 bits per heavy atom. The highest BCUT2D eigenvalue weighted by atomic mass is 35.5. The molecular weight excluding hydrogens is 270 g/mol. The largest absolute Gasteiger partial charge is 0.465 e. The second-order valence-corrected chi connectivity index (χ2v) is 3.99. The van der Waals surface area contributed by atoms with Crippen molar-refractivity contribution in [2.75, 3.05) is 12.8 Å². The summed E-state index contributed by atoms with van der Waals surface area (Å²) in [5.74, 6) is 0.00706. The van der Waals surface area contributed by atoms with Crippen molar-refractivity contribution in [1.29, 1.82) is 0 Å². The molecule has 0 fully saturated rings. The number of nitrogen functional groups attached to an aromatic ring is 1. The van der Waals surface area contributed by atoms with Crippen molar-refractivity contribution in [2.24, 2.45) is 0 Å². The fraction of sp³-hybridized carbons (Fsp3) is 0.0833. The Labute approximate surface area is 114 Å². The molecule has 0 aliphatic rings. The first-order valence-electron chi connectivity index (χ1n) is 5.22. The van der Waals surface area contributed by atoms with Crippen LogP contribution < -0.4 is 10.5 Å². The molecule has 0 unspecified atom stereocenters. The molecule has 2 aromatic heterocycles. The highest BCUT2D eigenvalue weighted by Gasteiger charge is 2.09. The summed E-state index contributed by atoms with van der Waals surface area (Å²) in [5.41, 5.74) is 6.27. The van der Waals surface area contributed by atoms with Gasteiger partial charge < -0.3 is 15.2 Å². The van der Waals surface area contributed by atoms with Gasteiger partial charge in [-0.3, -0.25) is 4.98 Å². The summed E-state index contributed by atoms with van der Waals surface area (Å²) in [6.45, 7) is 0. The van der Waals surface area contributed by atoms with Crippen molar-refractivity contribution in [2.45, 2.75) is 0 Å². The first kappa shape index (κ1) is 13.1. The van der Waals surface area contributed by atoms with Gasteiger partial charge >= 0.3 is 5.97 Å². The number of hydrogen-bond donors (Lipinski definition) is 1. The van der Waals surface area contributed by atoms with Gasteiger partial charge in [-0.05, 0) is 12.1 Å². The Morgan fingerprint density at radius 2 is 2.11 bits per heavy atom. The molecule has 19 heavy (non-hydrogen) atoms. The molecule has 0 saturated carbocycles. The minimum atomic E-state index is -0.505. The van der Waals surface area contributed by atoms with Crippen LogP contribution in [0.25, 0.3) is 0 Å². The minimum absolute atomic E-state index is 0.188. The molecule has 2 N–H and O–H groups in total. The van der Waals surface area contributed by atoms with Gasteiger partial charge in [0, 0.05) is 12.4 Å². The van der Waals surface area contributed by atoms with Crippen molar-refractivity contribution < 1.29 is 14.3 Å². The molecule has 2 rings (SSSR count). The molecule has 6 nitrogen and oxygen atoms in total. The molecular formula is C12H10ClN3O3. The van der Waals surface area contributed by atoms with E-state index >= 15 is 0 Å². The Kier molecular flexibility index (Phi) is 3.82. The van der Waals surface area contributed by atoms with Crippen LogP contribution in [-0.2, 0) is 4.74 Å².